The number of aromatic nitrogens is 2. The topological polar surface area (TPSA) is 47.0 Å². The summed E-state index contributed by atoms with van der Waals surface area (Å²) >= 11 is 0. The lowest BCUT2D eigenvalue weighted by Gasteiger charge is -2.38. The average Bonchev–Trinajstić information content (AvgIpc) is 2.23. The number of hydrogen-bond donors (Lipinski definition) is 1. The van der Waals surface area contributed by atoms with Gasteiger partial charge in [0.25, 0.3) is 0 Å². The van der Waals surface area contributed by atoms with Crippen molar-refractivity contribution in [3.63, 3.8) is 0 Å². The van der Waals surface area contributed by atoms with Gasteiger partial charge < -0.3 is 10.1 Å². The number of hydrogen-bond acceptors (Lipinski definition) is 4. The van der Waals surface area contributed by atoms with Crippen molar-refractivity contribution in [1.29, 1.82) is 0 Å². The van der Waals surface area contributed by atoms with Gasteiger partial charge in [-0.25, -0.2) is 9.97 Å². The zero-order valence-electron chi connectivity index (χ0n) is 10.9. The fourth-order valence-electron chi connectivity index (χ4n) is 2.00. The number of nitrogens with one attached hydrogen (secondary N) is 1. The van der Waals surface area contributed by atoms with E-state index >= 15 is 0 Å². The molecule has 1 heterocycles. The van der Waals surface area contributed by atoms with Crippen molar-refractivity contribution in [2.45, 2.75) is 46.1 Å². The number of nitrogens with zero attached hydrogens (tertiary/aromatic N) is 2. The first-order valence-corrected chi connectivity index (χ1v) is 6.30. The highest BCUT2D eigenvalue weighted by Crippen LogP contribution is 2.40. The van der Waals surface area contributed by atoms with Gasteiger partial charge in [0.15, 0.2) is 0 Å². The van der Waals surface area contributed by atoms with E-state index < -0.39 is 0 Å². The van der Waals surface area contributed by atoms with E-state index in [0.29, 0.717) is 11.3 Å². The van der Waals surface area contributed by atoms with Gasteiger partial charge in [0.1, 0.15) is 12.1 Å². The molecular formula is C13H21N3O. The first kappa shape index (κ1) is 12.1. The van der Waals surface area contributed by atoms with E-state index in [-0.39, 0.29) is 6.10 Å². The van der Waals surface area contributed by atoms with Crippen LogP contribution in [0.1, 0.15) is 40.0 Å². The molecule has 1 aliphatic rings. The summed E-state index contributed by atoms with van der Waals surface area (Å²) < 4.78 is 5.54. The summed E-state index contributed by atoms with van der Waals surface area (Å²) in [4.78, 5) is 8.29. The third-order valence-electron chi connectivity index (χ3n) is 3.26. The summed E-state index contributed by atoms with van der Waals surface area (Å²) in [7, 11) is 0. The lowest BCUT2D eigenvalue weighted by atomic mass is 9.70. The molecule has 17 heavy (non-hydrogen) atoms. The molecule has 1 fully saturated rings. The van der Waals surface area contributed by atoms with Crippen molar-refractivity contribution in [2.24, 2.45) is 5.41 Å². The second-order valence-electron chi connectivity index (χ2n) is 5.43. The molecule has 0 aromatic carbocycles. The zero-order valence-corrected chi connectivity index (χ0v) is 10.9. The molecule has 1 aromatic rings. The van der Waals surface area contributed by atoms with Crippen LogP contribution in [0.4, 0.5) is 5.82 Å². The van der Waals surface area contributed by atoms with Gasteiger partial charge in [0, 0.05) is 12.6 Å². The fraction of sp³-hybridized carbons (Fsp3) is 0.692. The maximum absolute atomic E-state index is 5.54. The molecule has 1 N–H and O–H groups in total. The van der Waals surface area contributed by atoms with E-state index in [1.54, 1.807) is 6.33 Å². The molecule has 0 aliphatic heterocycles. The van der Waals surface area contributed by atoms with Gasteiger partial charge in [0.2, 0.25) is 5.88 Å². The molecule has 0 spiro atoms. The van der Waals surface area contributed by atoms with Crippen LogP contribution in [0.3, 0.4) is 0 Å². The molecule has 1 aliphatic carbocycles. The number of ether oxygens (including phenoxy) is 1. The molecule has 1 aromatic heterocycles. The molecule has 4 nitrogen and oxygen atoms in total. The Bertz CT molecular complexity index is 375. The van der Waals surface area contributed by atoms with Gasteiger partial charge in [-0.05, 0) is 32.1 Å². The fourth-order valence-corrected chi connectivity index (χ4v) is 2.00. The summed E-state index contributed by atoms with van der Waals surface area (Å²) in [6.45, 7) is 7.27. The maximum atomic E-state index is 5.54. The molecule has 1 saturated carbocycles. The van der Waals surface area contributed by atoms with E-state index in [9.17, 15) is 0 Å². The van der Waals surface area contributed by atoms with E-state index in [1.165, 1.54) is 19.3 Å². The van der Waals surface area contributed by atoms with E-state index in [4.69, 9.17) is 4.74 Å². The Kier molecular flexibility index (Phi) is 3.50. The normalized spacial score (nSPS) is 17.6. The van der Waals surface area contributed by atoms with Crippen LogP contribution in [0.2, 0.25) is 0 Å². The van der Waals surface area contributed by atoms with Crippen molar-refractivity contribution >= 4 is 5.82 Å². The van der Waals surface area contributed by atoms with Crippen LogP contribution in [0.15, 0.2) is 12.4 Å². The van der Waals surface area contributed by atoms with E-state index in [2.05, 4.69) is 22.2 Å². The summed E-state index contributed by atoms with van der Waals surface area (Å²) in [6, 6.07) is 1.86. The highest BCUT2D eigenvalue weighted by Gasteiger charge is 2.31. The minimum absolute atomic E-state index is 0.141. The predicted molar refractivity (Wildman–Crippen MR) is 68.2 cm³/mol. The SMILES string of the molecule is CC(C)Oc1cc(NCC2(C)CCC2)ncn1. The standard InChI is InChI=1S/C13H21N3O/c1-10(2)17-12-7-11(15-9-16-12)14-8-13(3)5-4-6-13/h7,9-10H,4-6,8H2,1-3H3,(H,14,15,16). The molecule has 0 bridgehead atoms. The molecule has 2 rings (SSSR count). The van der Waals surface area contributed by atoms with Crippen LogP contribution >= 0.6 is 0 Å². The van der Waals surface area contributed by atoms with Crippen molar-refractivity contribution in [3.05, 3.63) is 12.4 Å². The Hall–Kier alpha value is -1.32. The smallest absolute Gasteiger partial charge is 0.218 e. The van der Waals surface area contributed by atoms with Gasteiger partial charge in [-0.1, -0.05) is 13.3 Å². The largest absolute Gasteiger partial charge is 0.475 e. The van der Waals surface area contributed by atoms with Gasteiger partial charge in [-0.2, -0.15) is 0 Å². The van der Waals surface area contributed by atoms with Crippen LogP contribution < -0.4 is 10.1 Å². The molecule has 0 saturated heterocycles. The van der Waals surface area contributed by atoms with E-state index in [1.807, 2.05) is 19.9 Å². The lowest BCUT2D eigenvalue weighted by Crippen LogP contribution is -2.33. The first-order valence-electron chi connectivity index (χ1n) is 6.30. The second-order valence-corrected chi connectivity index (χ2v) is 5.43. The quantitative estimate of drug-likeness (QED) is 0.852. The molecule has 0 atom stereocenters. The summed E-state index contributed by atoms with van der Waals surface area (Å²) in [5.41, 5.74) is 0.448. The minimum Gasteiger partial charge on any atom is -0.475 e. The first-order chi connectivity index (χ1) is 8.07. The highest BCUT2D eigenvalue weighted by atomic mass is 16.5. The molecule has 4 heteroatoms. The van der Waals surface area contributed by atoms with Crippen LogP contribution in [0.25, 0.3) is 0 Å². The Morgan fingerprint density at radius 1 is 1.41 bits per heavy atom. The Morgan fingerprint density at radius 3 is 2.76 bits per heavy atom. The Labute approximate surface area is 103 Å². The third kappa shape index (κ3) is 3.32. The molecule has 94 valence electrons. The van der Waals surface area contributed by atoms with Crippen molar-refractivity contribution < 1.29 is 4.74 Å². The number of rotatable bonds is 5. The van der Waals surface area contributed by atoms with Crippen LogP contribution in [-0.4, -0.2) is 22.6 Å². The predicted octanol–water partition coefficient (Wildman–Crippen LogP) is 2.87. The van der Waals surface area contributed by atoms with Gasteiger partial charge in [-0.15, -0.1) is 0 Å². The lowest BCUT2D eigenvalue weighted by molar-refractivity contribution is 0.179. The third-order valence-corrected chi connectivity index (χ3v) is 3.26. The molecule has 0 radical (unpaired) electrons. The Balaban J connectivity index is 1.91. The van der Waals surface area contributed by atoms with Gasteiger partial charge >= 0.3 is 0 Å². The van der Waals surface area contributed by atoms with Crippen molar-refractivity contribution in [3.8, 4) is 5.88 Å². The highest BCUT2D eigenvalue weighted by molar-refractivity contribution is 5.37. The minimum atomic E-state index is 0.141. The average molecular weight is 235 g/mol. The molecule has 0 unspecified atom stereocenters. The second kappa shape index (κ2) is 4.90. The van der Waals surface area contributed by atoms with E-state index in [0.717, 1.165) is 12.4 Å². The van der Waals surface area contributed by atoms with Crippen LogP contribution in [0, 0.1) is 5.41 Å². The summed E-state index contributed by atoms with van der Waals surface area (Å²) in [5.74, 6) is 1.49. The summed E-state index contributed by atoms with van der Waals surface area (Å²) in [6.07, 6.45) is 5.65. The van der Waals surface area contributed by atoms with Gasteiger partial charge in [-0.3, -0.25) is 0 Å². The zero-order chi connectivity index (χ0) is 12.3. The summed E-state index contributed by atoms with van der Waals surface area (Å²) in [5, 5.41) is 3.37. The van der Waals surface area contributed by atoms with Crippen molar-refractivity contribution in [1.82, 2.24) is 9.97 Å². The monoisotopic (exact) mass is 235 g/mol. The molecule has 0 amide bonds. The van der Waals surface area contributed by atoms with Crippen LogP contribution in [0.5, 0.6) is 5.88 Å². The van der Waals surface area contributed by atoms with Gasteiger partial charge in [0.05, 0.1) is 6.10 Å². The number of anilines is 1. The maximum Gasteiger partial charge on any atom is 0.218 e. The van der Waals surface area contributed by atoms with Crippen molar-refractivity contribution in [2.75, 3.05) is 11.9 Å². The van der Waals surface area contributed by atoms with Crippen LogP contribution in [-0.2, 0) is 0 Å². The molecular weight excluding hydrogens is 214 g/mol. The Morgan fingerprint density at radius 2 is 2.18 bits per heavy atom.